The topological polar surface area (TPSA) is 57.4 Å². The Hall–Kier alpha value is -6.36. The van der Waals surface area contributed by atoms with Gasteiger partial charge in [0.05, 0.1) is 44.6 Å². The zero-order valence-corrected chi connectivity index (χ0v) is 23.5. The molecule has 0 unspecified atom stereocenters. The Morgan fingerprint density at radius 1 is 0.364 bits per heavy atom. The maximum Gasteiger partial charge on any atom is 0.103 e. The minimum Gasteiger partial charge on any atom is -0.308 e. The molecule has 0 atom stereocenters. The van der Waals surface area contributed by atoms with Gasteiger partial charge in [0.2, 0.25) is 0 Å². The maximum atomic E-state index is 10.7. The smallest absolute Gasteiger partial charge is 0.103 e. The Balaban J connectivity index is 1.39. The van der Waals surface area contributed by atoms with Crippen molar-refractivity contribution in [2.75, 3.05) is 0 Å². The SMILES string of the molecule is N#Cc1c(-n2c3ccccc3c3cc4ccccc4cc32)ccc(-n2c3ccccc3c3cc4ccccc4cc32)c1C#N. The molecular formula is C40H22N4. The van der Waals surface area contributed by atoms with Crippen LogP contribution >= 0.6 is 0 Å². The lowest BCUT2D eigenvalue weighted by atomic mass is 10.0. The molecule has 9 aromatic rings. The second-order valence-electron chi connectivity index (χ2n) is 11.2. The van der Waals surface area contributed by atoms with Gasteiger partial charge in [-0.3, -0.25) is 0 Å². The van der Waals surface area contributed by atoms with Crippen LogP contribution in [0, 0.1) is 22.7 Å². The average Bonchev–Trinajstić information content (AvgIpc) is 3.57. The Bertz CT molecular complexity index is 2550. The molecule has 0 bridgehead atoms. The van der Waals surface area contributed by atoms with Crippen molar-refractivity contribution in [3.8, 4) is 23.5 Å². The van der Waals surface area contributed by atoms with Crippen LogP contribution in [0.15, 0.2) is 133 Å². The first-order chi connectivity index (χ1) is 21.7. The van der Waals surface area contributed by atoms with Crippen LogP contribution < -0.4 is 0 Å². The number of nitrogens with zero attached hydrogens (tertiary/aromatic N) is 4. The van der Waals surface area contributed by atoms with E-state index in [9.17, 15) is 10.5 Å². The molecule has 0 aliphatic carbocycles. The Morgan fingerprint density at radius 3 is 1.14 bits per heavy atom. The fourth-order valence-corrected chi connectivity index (χ4v) is 7.01. The molecule has 0 saturated heterocycles. The second-order valence-corrected chi connectivity index (χ2v) is 11.2. The molecule has 0 radical (unpaired) electrons. The molecule has 0 aliphatic rings. The van der Waals surface area contributed by atoms with Crippen molar-refractivity contribution < 1.29 is 0 Å². The van der Waals surface area contributed by atoms with Crippen LogP contribution in [0.2, 0.25) is 0 Å². The number of rotatable bonds is 2. The van der Waals surface area contributed by atoms with Gasteiger partial charge < -0.3 is 9.13 Å². The first-order valence-electron chi connectivity index (χ1n) is 14.6. The van der Waals surface area contributed by atoms with Gasteiger partial charge in [0.15, 0.2) is 0 Å². The molecule has 0 amide bonds. The van der Waals surface area contributed by atoms with Crippen molar-refractivity contribution in [3.05, 3.63) is 145 Å². The van der Waals surface area contributed by atoms with Crippen molar-refractivity contribution in [2.45, 2.75) is 0 Å². The van der Waals surface area contributed by atoms with E-state index < -0.39 is 0 Å². The van der Waals surface area contributed by atoms with E-state index in [0.29, 0.717) is 22.5 Å². The van der Waals surface area contributed by atoms with Crippen LogP contribution in [-0.2, 0) is 0 Å². The summed E-state index contributed by atoms with van der Waals surface area (Å²) in [6, 6.07) is 50.9. The third-order valence-electron chi connectivity index (χ3n) is 8.95. The summed E-state index contributed by atoms with van der Waals surface area (Å²) in [7, 11) is 0. The third kappa shape index (κ3) is 3.25. The van der Waals surface area contributed by atoms with Gasteiger partial charge in [-0.25, -0.2) is 0 Å². The molecule has 202 valence electrons. The van der Waals surface area contributed by atoms with E-state index in [1.54, 1.807) is 0 Å². The minimum atomic E-state index is 0.354. The van der Waals surface area contributed by atoms with Gasteiger partial charge in [0.25, 0.3) is 0 Å². The van der Waals surface area contributed by atoms with Crippen molar-refractivity contribution in [1.29, 1.82) is 10.5 Å². The van der Waals surface area contributed by atoms with Gasteiger partial charge >= 0.3 is 0 Å². The standard InChI is InChI=1S/C40H22N4/c41-23-33-34(24-42)38(44-36-16-8-6-14-30(36)32-20-26-10-2-4-12-28(26)22-40(32)44)18-17-37(33)43-35-15-7-5-13-29(35)31-19-25-9-1-3-11-27(25)21-39(31)43/h1-22H. The largest absolute Gasteiger partial charge is 0.308 e. The van der Waals surface area contributed by atoms with Gasteiger partial charge in [-0.05, 0) is 70.1 Å². The highest BCUT2D eigenvalue weighted by molar-refractivity contribution is 6.15. The van der Waals surface area contributed by atoms with E-state index in [1.165, 1.54) is 0 Å². The van der Waals surface area contributed by atoms with Crippen molar-refractivity contribution >= 4 is 65.2 Å². The van der Waals surface area contributed by atoms with Gasteiger partial charge in [0.1, 0.15) is 12.1 Å². The summed E-state index contributed by atoms with van der Waals surface area (Å²) in [5.74, 6) is 0. The number of nitriles is 2. The molecule has 7 aromatic carbocycles. The van der Waals surface area contributed by atoms with Crippen LogP contribution in [-0.4, -0.2) is 9.13 Å². The predicted molar refractivity (Wildman–Crippen MR) is 180 cm³/mol. The fourth-order valence-electron chi connectivity index (χ4n) is 7.01. The summed E-state index contributed by atoms with van der Waals surface area (Å²) in [6.45, 7) is 0. The van der Waals surface area contributed by atoms with E-state index in [-0.39, 0.29) is 0 Å². The molecule has 0 saturated carbocycles. The molecular weight excluding hydrogens is 536 g/mol. The highest BCUT2D eigenvalue weighted by atomic mass is 15.0. The van der Waals surface area contributed by atoms with Crippen molar-refractivity contribution in [3.63, 3.8) is 0 Å². The summed E-state index contributed by atoms with van der Waals surface area (Å²) < 4.78 is 4.28. The number of hydrogen-bond acceptors (Lipinski definition) is 2. The van der Waals surface area contributed by atoms with E-state index in [2.05, 4.69) is 106 Å². The normalized spacial score (nSPS) is 11.6. The van der Waals surface area contributed by atoms with Gasteiger partial charge in [-0.1, -0.05) is 84.9 Å². The number of para-hydroxylation sites is 2. The average molecular weight is 559 g/mol. The van der Waals surface area contributed by atoms with E-state index in [1.807, 2.05) is 48.5 Å². The number of benzene rings is 7. The van der Waals surface area contributed by atoms with Crippen LogP contribution in [0.5, 0.6) is 0 Å². The molecule has 4 heteroatoms. The highest BCUT2D eigenvalue weighted by Crippen LogP contribution is 2.39. The van der Waals surface area contributed by atoms with Crippen molar-refractivity contribution in [1.82, 2.24) is 9.13 Å². The Labute approximate surface area is 252 Å². The molecule has 4 nitrogen and oxygen atoms in total. The Morgan fingerprint density at radius 2 is 0.727 bits per heavy atom. The molecule has 0 aliphatic heterocycles. The molecule has 0 N–H and O–H groups in total. The Kier molecular flexibility index (Phi) is 5.00. The lowest BCUT2D eigenvalue weighted by Crippen LogP contribution is -2.05. The number of hydrogen-bond donors (Lipinski definition) is 0. The zero-order valence-electron chi connectivity index (χ0n) is 23.5. The fraction of sp³-hybridized carbons (Fsp3) is 0. The van der Waals surface area contributed by atoms with Gasteiger partial charge in [0, 0.05) is 21.5 Å². The number of fused-ring (bicyclic) bond motifs is 8. The maximum absolute atomic E-state index is 10.7. The summed E-state index contributed by atoms with van der Waals surface area (Å²) in [5, 5.41) is 30.4. The molecule has 2 aromatic heterocycles. The zero-order chi connectivity index (χ0) is 29.4. The molecule has 44 heavy (non-hydrogen) atoms. The van der Waals surface area contributed by atoms with E-state index >= 15 is 0 Å². The summed E-state index contributed by atoms with van der Waals surface area (Å²) in [5.41, 5.74) is 6.09. The van der Waals surface area contributed by atoms with Crippen LogP contribution in [0.3, 0.4) is 0 Å². The summed E-state index contributed by atoms with van der Waals surface area (Å²) >= 11 is 0. The lowest BCUT2D eigenvalue weighted by molar-refractivity contribution is 1.12. The molecule has 9 rings (SSSR count). The highest BCUT2D eigenvalue weighted by Gasteiger charge is 2.22. The second kappa shape index (κ2) is 9.07. The monoisotopic (exact) mass is 558 g/mol. The first kappa shape index (κ1) is 24.3. The molecule has 0 fully saturated rings. The predicted octanol–water partition coefficient (Wildman–Crippen LogP) is 9.93. The first-order valence-corrected chi connectivity index (χ1v) is 14.6. The summed E-state index contributed by atoms with van der Waals surface area (Å²) in [6.07, 6.45) is 0. The molecule has 0 spiro atoms. The quantitative estimate of drug-likeness (QED) is 0.212. The minimum absolute atomic E-state index is 0.354. The van der Waals surface area contributed by atoms with E-state index in [4.69, 9.17) is 0 Å². The molecule has 2 heterocycles. The van der Waals surface area contributed by atoms with Crippen molar-refractivity contribution in [2.24, 2.45) is 0 Å². The summed E-state index contributed by atoms with van der Waals surface area (Å²) in [4.78, 5) is 0. The number of aromatic nitrogens is 2. The van der Waals surface area contributed by atoms with Gasteiger partial charge in [-0.2, -0.15) is 10.5 Å². The van der Waals surface area contributed by atoms with E-state index in [0.717, 1.165) is 65.2 Å². The van der Waals surface area contributed by atoms with Crippen LogP contribution in [0.25, 0.3) is 76.5 Å². The third-order valence-corrected chi connectivity index (χ3v) is 8.95. The lowest BCUT2D eigenvalue weighted by Gasteiger charge is -2.16. The van der Waals surface area contributed by atoms with Gasteiger partial charge in [-0.15, -0.1) is 0 Å². The van der Waals surface area contributed by atoms with Crippen LogP contribution in [0.4, 0.5) is 0 Å². The van der Waals surface area contributed by atoms with Crippen LogP contribution in [0.1, 0.15) is 11.1 Å².